The molecule has 0 saturated carbocycles. The van der Waals surface area contributed by atoms with Gasteiger partial charge < -0.3 is 4.90 Å². The molecule has 10 heteroatoms. The van der Waals surface area contributed by atoms with Crippen LogP contribution in [0.3, 0.4) is 0 Å². The van der Waals surface area contributed by atoms with E-state index in [1.165, 1.54) is 11.9 Å². The number of rotatable bonds is 3. The summed E-state index contributed by atoms with van der Waals surface area (Å²) >= 11 is 6.22. The third kappa shape index (κ3) is 4.25. The molecule has 0 fully saturated rings. The Morgan fingerprint density at radius 1 is 0.824 bits per heavy atom. The minimum absolute atomic E-state index is 0. The maximum atomic E-state index is 6.22. The molecule has 2 aromatic carbocycles. The van der Waals surface area contributed by atoms with Gasteiger partial charge in [0.2, 0.25) is 0 Å². The van der Waals surface area contributed by atoms with Gasteiger partial charge in [-0.1, -0.05) is 17.7 Å². The molecule has 1 aliphatic heterocycles. The number of aromatic nitrogens is 6. The maximum Gasteiger partial charge on any atom is 0.182 e. The lowest BCUT2D eigenvalue weighted by atomic mass is 10.1. The van der Waals surface area contributed by atoms with Gasteiger partial charge in [-0.2, -0.15) is 0 Å². The number of halogens is 3. The molecule has 1 aliphatic rings. The molecule has 0 aliphatic carbocycles. The normalized spacial score (nSPS) is 12.1. The zero-order valence-corrected chi connectivity index (χ0v) is 20.1. The summed E-state index contributed by atoms with van der Waals surface area (Å²) in [5, 5.41) is 1.70. The largest absolute Gasteiger partial charge is 0.325 e. The third-order valence-corrected chi connectivity index (χ3v) is 5.79. The first-order valence-corrected chi connectivity index (χ1v) is 10.5. The molecule has 0 atom stereocenters. The van der Waals surface area contributed by atoms with Gasteiger partial charge in [0, 0.05) is 53.0 Å². The molecule has 170 valence electrons. The quantitative estimate of drug-likeness (QED) is 0.306. The fourth-order valence-corrected chi connectivity index (χ4v) is 4.26. The molecule has 5 aromatic rings. The number of hydrogen-bond acceptors (Lipinski definition) is 7. The molecule has 7 nitrogen and oxygen atoms in total. The Morgan fingerprint density at radius 3 is 2.47 bits per heavy atom. The highest BCUT2D eigenvalue weighted by atomic mass is 35.5. The van der Waals surface area contributed by atoms with Crippen LogP contribution in [-0.4, -0.2) is 36.4 Å². The summed E-state index contributed by atoms with van der Waals surface area (Å²) in [5.41, 5.74) is 5.68. The molecular weight excluding hydrogens is 493 g/mol. The summed E-state index contributed by atoms with van der Waals surface area (Å²) in [7, 11) is 0. The molecule has 0 saturated heterocycles. The monoisotopic (exact) mass is 509 g/mol. The topological polar surface area (TPSA) is 80.6 Å². The van der Waals surface area contributed by atoms with Crippen molar-refractivity contribution in [3.63, 3.8) is 0 Å². The standard InChI is InChI=1S/C24H16ClN7.2ClH/c25-18-2-4-22-16(9-18)5-8-32(22)24-19-3-1-15(17-11-27-14-28-12-17)10-20(19)30-23(31-24)21-13-26-6-7-29-21;;/h1-4,6-7,9-14H,5,8H2;2*1H. The fourth-order valence-electron chi connectivity index (χ4n) is 4.07. The van der Waals surface area contributed by atoms with Crippen molar-refractivity contribution in [2.45, 2.75) is 6.42 Å². The molecular formula is C24H18Cl3N7. The van der Waals surface area contributed by atoms with Gasteiger partial charge in [0.15, 0.2) is 5.82 Å². The van der Waals surface area contributed by atoms with Crippen LogP contribution in [0.4, 0.5) is 11.5 Å². The summed E-state index contributed by atoms with van der Waals surface area (Å²) < 4.78 is 0. The van der Waals surface area contributed by atoms with Crippen LogP contribution in [-0.2, 0) is 6.42 Å². The van der Waals surface area contributed by atoms with E-state index >= 15 is 0 Å². The predicted molar refractivity (Wildman–Crippen MR) is 138 cm³/mol. The average Bonchev–Trinajstić information content (AvgIpc) is 3.27. The second-order valence-corrected chi connectivity index (χ2v) is 7.93. The molecule has 0 radical (unpaired) electrons. The molecule has 4 heterocycles. The zero-order valence-electron chi connectivity index (χ0n) is 17.7. The van der Waals surface area contributed by atoms with Crippen molar-refractivity contribution in [1.82, 2.24) is 29.9 Å². The molecule has 0 amide bonds. The van der Waals surface area contributed by atoms with Gasteiger partial charge >= 0.3 is 0 Å². The lowest BCUT2D eigenvalue weighted by Gasteiger charge is -2.21. The summed E-state index contributed by atoms with van der Waals surface area (Å²) in [4.78, 5) is 28.9. The fraction of sp³-hybridized carbons (Fsp3) is 0.0833. The Balaban J connectivity index is 0.00000137. The van der Waals surface area contributed by atoms with E-state index in [9.17, 15) is 0 Å². The molecule has 6 rings (SSSR count). The van der Waals surface area contributed by atoms with Crippen LogP contribution in [0.25, 0.3) is 33.5 Å². The van der Waals surface area contributed by atoms with Gasteiger partial charge in [-0.05, 0) is 47.9 Å². The lowest BCUT2D eigenvalue weighted by Crippen LogP contribution is -2.16. The van der Waals surface area contributed by atoms with Crippen molar-refractivity contribution in [2.75, 3.05) is 11.4 Å². The summed E-state index contributed by atoms with van der Waals surface area (Å²) in [6, 6.07) is 12.1. The van der Waals surface area contributed by atoms with E-state index in [0.717, 1.165) is 51.5 Å². The number of anilines is 2. The lowest BCUT2D eigenvalue weighted by molar-refractivity contribution is 0.974. The van der Waals surface area contributed by atoms with Crippen LogP contribution in [0.1, 0.15) is 5.56 Å². The van der Waals surface area contributed by atoms with Crippen LogP contribution < -0.4 is 4.90 Å². The van der Waals surface area contributed by atoms with Crippen molar-refractivity contribution >= 4 is 58.8 Å². The van der Waals surface area contributed by atoms with Gasteiger partial charge in [-0.25, -0.2) is 24.9 Å². The first kappa shape index (κ1) is 23.8. The number of hydrogen-bond donors (Lipinski definition) is 0. The van der Waals surface area contributed by atoms with Gasteiger partial charge in [0.05, 0.1) is 11.7 Å². The minimum Gasteiger partial charge on any atom is -0.325 e. The van der Waals surface area contributed by atoms with E-state index in [1.807, 2.05) is 18.2 Å². The Morgan fingerprint density at radius 2 is 1.68 bits per heavy atom. The predicted octanol–water partition coefficient (Wildman–Crippen LogP) is 5.74. The number of fused-ring (bicyclic) bond motifs is 2. The second-order valence-electron chi connectivity index (χ2n) is 7.50. The number of nitrogens with zero attached hydrogens (tertiary/aromatic N) is 7. The SMILES string of the molecule is Cl.Cl.Clc1ccc2c(c1)CCN2c1nc(-c2cnccn2)nc2cc(-c3cncnc3)ccc12. The van der Waals surface area contributed by atoms with Crippen LogP contribution in [0.15, 0.2) is 73.7 Å². The van der Waals surface area contributed by atoms with Crippen molar-refractivity contribution in [3.05, 3.63) is 84.3 Å². The Bertz CT molecular complexity index is 1440. The molecule has 0 spiro atoms. The molecule has 0 N–H and O–H groups in total. The van der Waals surface area contributed by atoms with Crippen LogP contribution >= 0.6 is 36.4 Å². The number of benzene rings is 2. The van der Waals surface area contributed by atoms with Gasteiger partial charge in [0.25, 0.3) is 0 Å². The van der Waals surface area contributed by atoms with E-state index < -0.39 is 0 Å². The van der Waals surface area contributed by atoms with Crippen LogP contribution in [0.5, 0.6) is 0 Å². The molecule has 3 aromatic heterocycles. The van der Waals surface area contributed by atoms with Gasteiger partial charge in [-0.15, -0.1) is 24.8 Å². The first-order valence-electron chi connectivity index (χ1n) is 10.2. The Labute approximate surface area is 213 Å². The Kier molecular flexibility index (Phi) is 6.88. The third-order valence-electron chi connectivity index (χ3n) is 5.56. The average molecular weight is 511 g/mol. The van der Waals surface area contributed by atoms with Gasteiger partial charge in [-0.3, -0.25) is 4.98 Å². The molecule has 0 bridgehead atoms. The van der Waals surface area contributed by atoms with Gasteiger partial charge in [0.1, 0.15) is 17.8 Å². The summed E-state index contributed by atoms with van der Waals surface area (Å²) in [5.74, 6) is 1.37. The molecule has 0 unspecified atom stereocenters. The van der Waals surface area contributed by atoms with E-state index in [0.29, 0.717) is 11.5 Å². The zero-order chi connectivity index (χ0) is 21.5. The minimum atomic E-state index is 0. The van der Waals surface area contributed by atoms with Crippen molar-refractivity contribution < 1.29 is 0 Å². The van der Waals surface area contributed by atoms with Crippen LogP contribution in [0, 0.1) is 0 Å². The summed E-state index contributed by atoms with van der Waals surface area (Å²) in [6.45, 7) is 0.815. The highest BCUT2D eigenvalue weighted by molar-refractivity contribution is 6.30. The van der Waals surface area contributed by atoms with E-state index in [4.69, 9.17) is 21.6 Å². The highest BCUT2D eigenvalue weighted by Gasteiger charge is 2.25. The first-order chi connectivity index (χ1) is 15.8. The summed E-state index contributed by atoms with van der Waals surface area (Å²) in [6.07, 6.45) is 11.0. The van der Waals surface area contributed by atoms with Crippen LogP contribution in [0.2, 0.25) is 5.02 Å². The van der Waals surface area contributed by atoms with Crippen molar-refractivity contribution in [3.8, 4) is 22.6 Å². The molecule has 34 heavy (non-hydrogen) atoms. The van der Waals surface area contributed by atoms with Crippen molar-refractivity contribution in [2.24, 2.45) is 0 Å². The highest BCUT2D eigenvalue weighted by Crippen LogP contribution is 2.39. The van der Waals surface area contributed by atoms with E-state index in [2.05, 4.69) is 43.0 Å². The Hall–Kier alpha value is -3.39. The smallest absolute Gasteiger partial charge is 0.182 e. The van der Waals surface area contributed by atoms with E-state index in [-0.39, 0.29) is 24.8 Å². The maximum absolute atomic E-state index is 6.22. The second kappa shape index (κ2) is 9.85. The van der Waals surface area contributed by atoms with E-state index in [1.54, 1.807) is 31.0 Å². The van der Waals surface area contributed by atoms with Crippen molar-refractivity contribution in [1.29, 1.82) is 0 Å².